The van der Waals surface area contributed by atoms with Gasteiger partial charge in [0.05, 0.1) is 18.7 Å². The van der Waals surface area contributed by atoms with E-state index in [0.29, 0.717) is 17.9 Å². The van der Waals surface area contributed by atoms with E-state index in [1.165, 1.54) is 5.56 Å². The molecule has 0 spiro atoms. The maximum absolute atomic E-state index is 12.9. The van der Waals surface area contributed by atoms with E-state index < -0.39 is 0 Å². The second kappa shape index (κ2) is 10.1. The first-order valence-electron chi connectivity index (χ1n) is 10.7. The molecule has 1 amide bonds. The minimum atomic E-state index is -0.0461. The molecule has 0 unspecified atom stereocenters. The molecule has 1 heterocycles. The van der Waals surface area contributed by atoms with E-state index in [9.17, 15) is 4.79 Å². The number of ether oxygens (including phenoxy) is 1. The number of nitrogens with one attached hydrogen (secondary N) is 2. The Bertz CT molecular complexity index is 936. The molecule has 0 atom stereocenters. The zero-order chi connectivity index (χ0) is 20.6. The summed E-state index contributed by atoms with van der Waals surface area (Å²) in [7, 11) is 0. The predicted molar refractivity (Wildman–Crippen MR) is 119 cm³/mol. The SMILES string of the molecule is O=C(NC1CC[NH+](Cc2ccccc2)CC1)c1ccccc1OCc1ccccc1. The average Bonchev–Trinajstić information content (AvgIpc) is 2.80. The summed E-state index contributed by atoms with van der Waals surface area (Å²) >= 11 is 0. The van der Waals surface area contributed by atoms with E-state index in [1.54, 1.807) is 4.90 Å². The summed E-state index contributed by atoms with van der Waals surface area (Å²) in [5, 5.41) is 3.23. The first kappa shape index (κ1) is 20.2. The minimum absolute atomic E-state index is 0.0461. The molecule has 1 saturated heterocycles. The van der Waals surface area contributed by atoms with E-state index in [1.807, 2.05) is 54.6 Å². The van der Waals surface area contributed by atoms with Crippen LogP contribution in [0.15, 0.2) is 84.9 Å². The first-order chi connectivity index (χ1) is 14.8. The van der Waals surface area contributed by atoms with Gasteiger partial charge in [0.1, 0.15) is 18.9 Å². The van der Waals surface area contributed by atoms with Gasteiger partial charge in [-0.05, 0) is 17.7 Å². The van der Waals surface area contributed by atoms with Crippen LogP contribution in [-0.2, 0) is 13.2 Å². The van der Waals surface area contributed by atoms with Gasteiger partial charge in [0, 0.05) is 24.4 Å². The number of amides is 1. The van der Waals surface area contributed by atoms with Gasteiger partial charge in [-0.1, -0.05) is 72.8 Å². The number of hydrogen-bond acceptors (Lipinski definition) is 2. The molecule has 4 nitrogen and oxygen atoms in total. The summed E-state index contributed by atoms with van der Waals surface area (Å²) < 4.78 is 5.95. The van der Waals surface area contributed by atoms with Crippen LogP contribution in [0, 0.1) is 0 Å². The summed E-state index contributed by atoms with van der Waals surface area (Å²) in [5.74, 6) is 0.584. The molecule has 0 bridgehead atoms. The number of rotatable bonds is 7. The van der Waals surface area contributed by atoms with E-state index in [-0.39, 0.29) is 11.9 Å². The monoisotopic (exact) mass is 401 g/mol. The van der Waals surface area contributed by atoms with Gasteiger partial charge in [-0.3, -0.25) is 4.79 Å². The molecule has 3 aromatic carbocycles. The molecule has 154 valence electrons. The first-order valence-corrected chi connectivity index (χ1v) is 10.7. The molecule has 1 aliphatic rings. The average molecular weight is 402 g/mol. The van der Waals surface area contributed by atoms with Crippen LogP contribution in [0.2, 0.25) is 0 Å². The van der Waals surface area contributed by atoms with Crippen LogP contribution >= 0.6 is 0 Å². The normalized spacial score (nSPS) is 18.5. The number of hydrogen-bond donors (Lipinski definition) is 2. The maximum Gasteiger partial charge on any atom is 0.255 e. The van der Waals surface area contributed by atoms with Gasteiger partial charge in [-0.15, -0.1) is 0 Å². The minimum Gasteiger partial charge on any atom is -0.488 e. The molecule has 0 radical (unpaired) electrons. The molecule has 0 aliphatic carbocycles. The van der Waals surface area contributed by atoms with Crippen molar-refractivity contribution in [2.24, 2.45) is 0 Å². The zero-order valence-corrected chi connectivity index (χ0v) is 17.2. The van der Waals surface area contributed by atoms with Crippen LogP contribution < -0.4 is 15.0 Å². The van der Waals surface area contributed by atoms with Crippen molar-refractivity contribution < 1.29 is 14.4 Å². The summed E-state index contributed by atoms with van der Waals surface area (Å²) in [6.45, 7) is 3.65. The molecule has 0 saturated carbocycles. The van der Waals surface area contributed by atoms with E-state index in [0.717, 1.165) is 38.0 Å². The second-order valence-electron chi connectivity index (χ2n) is 7.93. The van der Waals surface area contributed by atoms with Crippen molar-refractivity contribution in [3.05, 3.63) is 102 Å². The number of para-hydroxylation sites is 1. The van der Waals surface area contributed by atoms with Crippen LogP contribution in [0.1, 0.15) is 34.3 Å². The van der Waals surface area contributed by atoms with E-state index >= 15 is 0 Å². The summed E-state index contributed by atoms with van der Waals surface area (Å²) in [5.41, 5.74) is 3.06. The third-order valence-electron chi connectivity index (χ3n) is 5.69. The Morgan fingerprint density at radius 1 is 0.833 bits per heavy atom. The standard InChI is InChI=1S/C26H28N2O2/c29-26(24-13-7-8-14-25(24)30-20-22-11-5-2-6-12-22)27-23-15-17-28(18-16-23)19-21-9-3-1-4-10-21/h1-14,23H,15-20H2,(H,27,29)/p+1. The van der Waals surface area contributed by atoms with Crippen molar-refractivity contribution in [2.45, 2.75) is 32.0 Å². The third kappa shape index (κ3) is 5.49. The van der Waals surface area contributed by atoms with Crippen LogP contribution in [0.3, 0.4) is 0 Å². The van der Waals surface area contributed by atoms with E-state index in [4.69, 9.17) is 4.74 Å². The molecule has 4 rings (SSSR count). The Kier molecular flexibility index (Phi) is 6.78. The number of quaternary nitrogens is 1. The molecule has 4 heteroatoms. The topological polar surface area (TPSA) is 42.8 Å². The van der Waals surface area contributed by atoms with Gasteiger partial charge < -0.3 is 15.0 Å². The lowest BCUT2D eigenvalue weighted by molar-refractivity contribution is -0.918. The molecule has 30 heavy (non-hydrogen) atoms. The van der Waals surface area contributed by atoms with Gasteiger partial charge in [0.2, 0.25) is 0 Å². The number of piperidine rings is 1. The van der Waals surface area contributed by atoms with Gasteiger partial charge in [0.15, 0.2) is 0 Å². The van der Waals surface area contributed by atoms with Crippen LogP contribution in [0.25, 0.3) is 0 Å². The molecule has 1 aliphatic heterocycles. The Balaban J connectivity index is 1.30. The smallest absolute Gasteiger partial charge is 0.255 e. The molecule has 2 N–H and O–H groups in total. The van der Waals surface area contributed by atoms with Gasteiger partial charge in [-0.25, -0.2) is 0 Å². The van der Waals surface area contributed by atoms with Crippen molar-refractivity contribution in [3.8, 4) is 5.75 Å². The Morgan fingerprint density at radius 3 is 2.13 bits per heavy atom. The van der Waals surface area contributed by atoms with Gasteiger partial charge >= 0.3 is 0 Å². The molecule has 0 aromatic heterocycles. The summed E-state index contributed by atoms with van der Waals surface area (Å²) in [6, 6.07) is 28.3. The Morgan fingerprint density at radius 2 is 1.43 bits per heavy atom. The molecular weight excluding hydrogens is 372 g/mol. The molecular formula is C26H29N2O2+. The number of carbonyl (C=O) groups is 1. The fourth-order valence-corrected chi connectivity index (χ4v) is 4.01. The van der Waals surface area contributed by atoms with Crippen LogP contribution in [0.4, 0.5) is 0 Å². The van der Waals surface area contributed by atoms with Crippen molar-refractivity contribution in [3.63, 3.8) is 0 Å². The van der Waals surface area contributed by atoms with Crippen LogP contribution in [0.5, 0.6) is 5.75 Å². The lowest BCUT2D eigenvalue weighted by Crippen LogP contribution is -3.12. The number of likely N-dealkylation sites (tertiary alicyclic amines) is 1. The highest BCUT2D eigenvalue weighted by molar-refractivity contribution is 5.97. The predicted octanol–water partition coefficient (Wildman–Crippen LogP) is 3.24. The van der Waals surface area contributed by atoms with Gasteiger partial charge in [-0.2, -0.15) is 0 Å². The van der Waals surface area contributed by atoms with Crippen LogP contribution in [-0.4, -0.2) is 25.0 Å². The van der Waals surface area contributed by atoms with Crippen molar-refractivity contribution in [1.29, 1.82) is 0 Å². The molecule has 3 aromatic rings. The highest BCUT2D eigenvalue weighted by atomic mass is 16.5. The summed E-state index contributed by atoms with van der Waals surface area (Å²) in [4.78, 5) is 14.5. The van der Waals surface area contributed by atoms with E-state index in [2.05, 4.69) is 35.6 Å². The van der Waals surface area contributed by atoms with Crippen molar-refractivity contribution in [2.75, 3.05) is 13.1 Å². The quantitative estimate of drug-likeness (QED) is 0.638. The Hall–Kier alpha value is -3.11. The lowest BCUT2D eigenvalue weighted by atomic mass is 10.0. The third-order valence-corrected chi connectivity index (χ3v) is 5.69. The highest BCUT2D eigenvalue weighted by Crippen LogP contribution is 2.20. The van der Waals surface area contributed by atoms with Gasteiger partial charge in [0.25, 0.3) is 5.91 Å². The van der Waals surface area contributed by atoms with Crippen molar-refractivity contribution in [1.82, 2.24) is 5.32 Å². The lowest BCUT2D eigenvalue weighted by Gasteiger charge is -2.30. The highest BCUT2D eigenvalue weighted by Gasteiger charge is 2.24. The number of carbonyl (C=O) groups excluding carboxylic acids is 1. The Labute approximate surface area is 178 Å². The fraction of sp³-hybridized carbons (Fsp3) is 0.269. The van der Waals surface area contributed by atoms with Crippen molar-refractivity contribution >= 4 is 5.91 Å². The fourth-order valence-electron chi connectivity index (χ4n) is 4.01. The number of benzene rings is 3. The second-order valence-corrected chi connectivity index (χ2v) is 7.93. The maximum atomic E-state index is 12.9. The largest absolute Gasteiger partial charge is 0.488 e. The summed E-state index contributed by atoms with van der Waals surface area (Å²) in [6.07, 6.45) is 2.00. The zero-order valence-electron chi connectivity index (χ0n) is 17.2. The molecule has 1 fully saturated rings.